The summed E-state index contributed by atoms with van der Waals surface area (Å²) in [6.07, 6.45) is 1.14. The first-order chi connectivity index (χ1) is 9.26. The number of hydrogen-bond acceptors (Lipinski definition) is 2. The summed E-state index contributed by atoms with van der Waals surface area (Å²) in [5, 5.41) is 0. The minimum atomic E-state index is 0. The lowest BCUT2D eigenvalue weighted by atomic mass is 10.0. The zero-order valence-corrected chi connectivity index (χ0v) is 14.7. The summed E-state index contributed by atoms with van der Waals surface area (Å²) in [4.78, 5) is 8.77. The van der Waals surface area contributed by atoms with Crippen LogP contribution in [0.15, 0.2) is 35.3 Å². The van der Waals surface area contributed by atoms with Crippen LogP contribution in [0.5, 0.6) is 0 Å². The summed E-state index contributed by atoms with van der Waals surface area (Å²) in [5.41, 5.74) is 7.28. The molecule has 1 aliphatic heterocycles. The van der Waals surface area contributed by atoms with Gasteiger partial charge in [0.25, 0.3) is 0 Å². The van der Waals surface area contributed by atoms with Crippen LogP contribution >= 0.6 is 24.0 Å². The number of nitrogens with two attached hydrogens (primary N) is 1. The Balaban J connectivity index is 0.00000200. The van der Waals surface area contributed by atoms with Gasteiger partial charge >= 0.3 is 0 Å². The number of piperazine rings is 1. The number of rotatable bonds is 3. The van der Waals surface area contributed by atoms with E-state index in [1.165, 1.54) is 5.56 Å². The Morgan fingerprint density at radius 3 is 2.30 bits per heavy atom. The van der Waals surface area contributed by atoms with Crippen molar-refractivity contribution in [2.24, 2.45) is 10.7 Å². The van der Waals surface area contributed by atoms with Crippen molar-refractivity contribution >= 4 is 29.9 Å². The quantitative estimate of drug-likeness (QED) is 0.491. The van der Waals surface area contributed by atoms with Crippen LogP contribution in [0.3, 0.4) is 0 Å². The van der Waals surface area contributed by atoms with Crippen molar-refractivity contribution < 1.29 is 0 Å². The first kappa shape index (κ1) is 17.2. The summed E-state index contributed by atoms with van der Waals surface area (Å²) >= 11 is 0. The molecule has 1 aromatic carbocycles. The average Bonchev–Trinajstić information content (AvgIpc) is 2.49. The van der Waals surface area contributed by atoms with E-state index in [-0.39, 0.29) is 24.0 Å². The number of aliphatic imine (C=N–C) groups is 1. The molecule has 1 unspecified atom stereocenters. The number of benzene rings is 1. The second-order valence-corrected chi connectivity index (χ2v) is 4.94. The van der Waals surface area contributed by atoms with Gasteiger partial charge < -0.3 is 10.6 Å². The van der Waals surface area contributed by atoms with Crippen molar-refractivity contribution in [3.05, 3.63) is 35.9 Å². The monoisotopic (exact) mass is 388 g/mol. The van der Waals surface area contributed by atoms with Gasteiger partial charge in [-0.2, -0.15) is 0 Å². The Hall–Kier alpha value is -0.820. The van der Waals surface area contributed by atoms with Crippen molar-refractivity contribution in [3.8, 4) is 0 Å². The molecule has 1 atom stereocenters. The van der Waals surface area contributed by atoms with Crippen molar-refractivity contribution in [1.82, 2.24) is 9.80 Å². The molecular weight excluding hydrogens is 363 g/mol. The maximum absolute atomic E-state index is 5.87. The lowest BCUT2D eigenvalue weighted by molar-refractivity contribution is 0.128. The zero-order valence-electron chi connectivity index (χ0n) is 12.3. The fourth-order valence-corrected chi connectivity index (χ4v) is 2.78. The molecule has 0 spiro atoms. The van der Waals surface area contributed by atoms with E-state index in [4.69, 9.17) is 5.73 Å². The lowest BCUT2D eigenvalue weighted by Crippen LogP contribution is -2.51. The summed E-state index contributed by atoms with van der Waals surface area (Å²) in [5.74, 6) is 0.660. The molecule has 1 heterocycles. The highest BCUT2D eigenvalue weighted by molar-refractivity contribution is 14.0. The van der Waals surface area contributed by atoms with Crippen LogP contribution in [-0.2, 0) is 0 Å². The van der Waals surface area contributed by atoms with Crippen LogP contribution in [-0.4, -0.2) is 49.0 Å². The van der Waals surface area contributed by atoms with Crippen LogP contribution in [0, 0.1) is 0 Å². The molecule has 1 aliphatic rings. The Morgan fingerprint density at radius 1 is 1.20 bits per heavy atom. The maximum Gasteiger partial charge on any atom is 0.191 e. The number of halogens is 1. The largest absolute Gasteiger partial charge is 0.370 e. The van der Waals surface area contributed by atoms with E-state index in [1.807, 2.05) is 0 Å². The lowest BCUT2D eigenvalue weighted by Gasteiger charge is -2.39. The van der Waals surface area contributed by atoms with Gasteiger partial charge in [-0.05, 0) is 12.0 Å². The fourth-order valence-electron chi connectivity index (χ4n) is 2.78. The van der Waals surface area contributed by atoms with Crippen LogP contribution in [0.1, 0.15) is 24.9 Å². The van der Waals surface area contributed by atoms with E-state index < -0.39 is 0 Å². The first-order valence-electron chi connectivity index (χ1n) is 7.02. The van der Waals surface area contributed by atoms with Gasteiger partial charge in [0.15, 0.2) is 5.96 Å². The molecule has 5 heteroatoms. The second kappa shape index (κ2) is 8.46. The zero-order chi connectivity index (χ0) is 13.7. The smallest absolute Gasteiger partial charge is 0.191 e. The van der Waals surface area contributed by atoms with Gasteiger partial charge in [-0.3, -0.25) is 9.89 Å². The topological polar surface area (TPSA) is 44.9 Å². The second-order valence-electron chi connectivity index (χ2n) is 4.94. The fraction of sp³-hybridized carbons (Fsp3) is 0.533. The Bertz CT molecular complexity index is 413. The van der Waals surface area contributed by atoms with Gasteiger partial charge in [0.05, 0.1) is 0 Å². The highest BCUT2D eigenvalue weighted by atomic mass is 127. The molecule has 1 saturated heterocycles. The van der Waals surface area contributed by atoms with Crippen molar-refractivity contribution in [2.75, 3.05) is 33.2 Å². The van der Waals surface area contributed by atoms with E-state index in [0.29, 0.717) is 12.0 Å². The highest BCUT2D eigenvalue weighted by Crippen LogP contribution is 2.24. The van der Waals surface area contributed by atoms with Gasteiger partial charge in [-0.1, -0.05) is 37.3 Å². The molecule has 20 heavy (non-hydrogen) atoms. The maximum atomic E-state index is 5.87. The molecule has 2 rings (SSSR count). The molecule has 1 fully saturated rings. The molecule has 0 radical (unpaired) electrons. The van der Waals surface area contributed by atoms with Crippen LogP contribution in [0.25, 0.3) is 0 Å². The summed E-state index contributed by atoms with van der Waals surface area (Å²) < 4.78 is 0. The molecule has 0 saturated carbocycles. The van der Waals surface area contributed by atoms with Gasteiger partial charge in [0.2, 0.25) is 0 Å². The Kier molecular flexibility index (Phi) is 7.29. The predicted octanol–water partition coefficient (Wildman–Crippen LogP) is 2.32. The molecule has 4 nitrogen and oxygen atoms in total. The van der Waals surface area contributed by atoms with E-state index in [0.717, 1.165) is 32.6 Å². The van der Waals surface area contributed by atoms with E-state index >= 15 is 0 Å². The Morgan fingerprint density at radius 2 is 1.80 bits per heavy atom. The molecule has 2 N–H and O–H groups in total. The molecule has 0 bridgehead atoms. The van der Waals surface area contributed by atoms with Crippen LogP contribution in [0.2, 0.25) is 0 Å². The van der Waals surface area contributed by atoms with E-state index in [9.17, 15) is 0 Å². The van der Waals surface area contributed by atoms with Crippen molar-refractivity contribution in [2.45, 2.75) is 19.4 Å². The molecule has 0 amide bonds. The highest BCUT2D eigenvalue weighted by Gasteiger charge is 2.24. The average molecular weight is 388 g/mol. The molecule has 0 aliphatic carbocycles. The van der Waals surface area contributed by atoms with E-state index in [2.05, 4.69) is 52.0 Å². The number of guanidine groups is 1. The van der Waals surface area contributed by atoms with Gasteiger partial charge in [0, 0.05) is 39.3 Å². The van der Waals surface area contributed by atoms with Crippen LogP contribution < -0.4 is 5.73 Å². The molecule has 112 valence electrons. The molecule has 0 aromatic heterocycles. The standard InChI is InChI=1S/C15H24N4.HI/c1-3-14(13-7-5-4-6-8-13)18-9-11-19(12-10-18)15(16)17-2;/h4-8,14H,3,9-12H2,1-2H3,(H2,16,17);1H. The first-order valence-corrected chi connectivity index (χ1v) is 7.02. The third-order valence-corrected chi connectivity index (χ3v) is 3.88. The normalized spacial score (nSPS) is 18.5. The number of nitrogens with zero attached hydrogens (tertiary/aromatic N) is 3. The van der Waals surface area contributed by atoms with Crippen molar-refractivity contribution in [1.29, 1.82) is 0 Å². The van der Waals surface area contributed by atoms with E-state index in [1.54, 1.807) is 7.05 Å². The summed E-state index contributed by atoms with van der Waals surface area (Å²) in [6.45, 7) is 6.28. The predicted molar refractivity (Wildman–Crippen MR) is 95.6 cm³/mol. The third kappa shape index (κ3) is 4.09. The summed E-state index contributed by atoms with van der Waals surface area (Å²) in [7, 11) is 1.75. The number of hydrogen-bond donors (Lipinski definition) is 1. The summed E-state index contributed by atoms with van der Waals surface area (Å²) in [6, 6.07) is 11.3. The van der Waals surface area contributed by atoms with Crippen molar-refractivity contribution in [3.63, 3.8) is 0 Å². The SMILES string of the molecule is CCC(c1ccccc1)N1CCN(C(N)=NC)CC1.I. The van der Waals surface area contributed by atoms with Gasteiger partial charge in [-0.25, -0.2) is 0 Å². The Labute approximate surface area is 139 Å². The minimum absolute atomic E-state index is 0. The minimum Gasteiger partial charge on any atom is -0.370 e. The molecular formula is C15H25IN4. The third-order valence-electron chi connectivity index (χ3n) is 3.88. The molecule has 1 aromatic rings. The van der Waals surface area contributed by atoms with Crippen LogP contribution in [0.4, 0.5) is 0 Å². The van der Waals surface area contributed by atoms with Gasteiger partial charge in [-0.15, -0.1) is 24.0 Å². The van der Waals surface area contributed by atoms with Gasteiger partial charge in [0.1, 0.15) is 0 Å².